The van der Waals surface area contributed by atoms with Crippen molar-refractivity contribution in [2.45, 2.75) is 19.8 Å². The summed E-state index contributed by atoms with van der Waals surface area (Å²) in [5, 5.41) is 6.49. The number of nitrogens with one attached hydrogen (secondary N) is 2. The third-order valence-corrected chi connectivity index (χ3v) is 3.86. The molecule has 2 N–H and O–H groups in total. The molecule has 1 aromatic heterocycles. The molecule has 2 aromatic rings. The van der Waals surface area contributed by atoms with Crippen LogP contribution in [0.2, 0.25) is 5.02 Å². The Labute approximate surface area is 136 Å². The average molecular weight is 374 g/mol. The summed E-state index contributed by atoms with van der Waals surface area (Å²) in [6.07, 6.45) is 3.24. The van der Waals surface area contributed by atoms with Crippen LogP contribution in [0.4, 0.5) is 21.7 Å². The molecule has 4 nitrogen and oxygen atoms in total. The van der Waals surface area contributed by atoms with Crippen LogP contribution in [0.1, 0.15) is 18.9 Å². The zero-order valence-corrected chi connectivity index (χ0v) is 14.0. The standard InChI is InChI=1S/C14H15BrClFN4/c1-3-4-9-13(18-2)19-7-20-14(9)21-12-10(15)5-8(17)6-11(12)16/h5-7H,3-4H2,1-2H3,(H2,18,19,20,21). The van der Waals surface area contributed by atoms with Crippen molar-refractivity contribution in [3.8, 4) is 0 Å². The lowest BCUT2D eigenvalue weighted by Gasteiger charge is -2.15. The molecule has 0 aliphatic rings. The highest BCUT2D eigenvalue weighted by atomic mass is 79.9. The number of halogens is 3. The molecule has 0 spiro atoms. The lowest BCUT2D eigenvalue weighted by molar-refractivity contribution is 0.627. The maximum atomic E-state index is 13.3. The molecule has 0 aliphatic heterocycles. The summed E-state index contributed by atoms with van der Waals surface area (Å²) in [5.74, 6) is 1.03. The number of anilines is 3. The molecule has 1 aromatic carbocycles. The number of benzene rings is 1. The second kappa shape index (κ2) is 7.04. The van der Waals surface area contributed by atoms with Gasteiger partial charge < -0.3 is 10.6 Å². The van der Waals surface area contributed by atoms with E-state index in [4.69, 9.17) is 11.6 Å². The summed E-state index contributed by atoms with van der Waals surface area (Å²) in [5.41, 5.74) is 1.55. The smallest absolute Gasteiger partial charge is 0.139 e. The molecule has 0 unspecified atom stereocenters. The minimum atomic E-state index is -0.398. The van der Waals surface area contributed by atoms with Crippen LogP contribution in [0.25, 0.3) is 0 Å². The van der Waals surface area contributed by atoms with Gasteiger partial charge in [0.2, 0.25) is 0 Å². The summed E-state index contributed by atoms with van der Waals surface area (Å²) >= 11 is 9.40. The first-order chi connectivity index (χ1) is 10.1. The molecule has 0 aliphatic carbocycles. The summed E-state index contributed by atoms with van der Waals surface area (Å²) in [7, 11) is 1.81. The van der Waals surface area contributed by atoms with Gasteiger partial charge >= 0.3 is 0 Å². The Hall–Kier alpha value is -1.40. The highest BCUT2D eigenvalue weighted by molar-refractivity contribution is 9.10. The maximum Gasteiger partial charge on any atom is 0.139 e. The van der Waals surface area contributed by atoms with Crippen LogP contribution in [0, 0.1) is 5.82 Å². The molecular formula is C14H15BrClFN4. The van der Waals surface area contributed by atoms with E-state index in [2.05, 4.69) is 43.5 Å². The largest absolute Gasteiger partial charge is 0.373 e. The van der Waals surface area contributed by atoms with E-state index in [9.17, 15) is 4.39 Å². The van der Waals surface area contributed by atoms with Gasteiger partial charge in [0.25, 0.3) is 0 Å². The zero-order chi connectivity index (χ0) is 15.4. The summed E-state index contributed by atoms with van der Waals surface area (Å²) in [6.45, 7) is 2.08. The van der Waals surface area contributed by atoms with Gasteiger partial charge in [-0.25, -0.2) is 14.4 Å². The number of hydrogen-bond acceptors (Lipinski definition) is 4. The van der Waals surface area contributed by atoms with Crippen molar-refractivity contribution >= 4 is 44.9 Å². The van der Waals surface area contributed by atoms with Crippen LogP contribution < -0.4 is 10.6 Å². The molecule has 7 heteroatoms. The van der Waals surface area contributed by atoms with E-state index in [1.54, 1.807) is 0 Å². The SMILES string of the molecule is CCCc1c(NC)ncnc1Nc1c(Cl)cc(F)cc1Br. The predicted molar refractivity (Wildman–Crippen MR) is 88.0 cm³/mol. The van der Waals surface area contributed by atoms with Gasteiger partial charge in [-0.2, -0.15) is 0 Å². The second-order valence-electron chi connectivity index (χ2n) is 4.42. The molecule has 0 radical (unpaired) electrons. The summed E-state index contributed by atoms with van der Waals surface area (Å²) in [4.78, 5) is 8.48. The Morgan fingerprint density at radius 1 is 1.29 bits per heavy atom. The number of rotatable bonds is 5. The van der Waals surface area contributed by atoms with Crippen molar-refractivity contribution in [1.29, 1.82) is 0 Å². The first-order valence-electron chi connectivity index (χ1n) is 6.50. The molecule has 0 amide bonds. The minimum absolute atomic E-state index is 0.286. The quantitative estimate of drug-likeness (QED) is 0.792. The molecular weight excluding hydrogens is 359 g/mol. The van der Waals surface area contributed by atoms with Crippen LogP contribution in [-0.2, 0) is 6.42 Å². The third kappa shape index (κ3) is 3.63. The highest BCUT2D eigenvalue weighted by Gasteiger charge is 2.14. The summed E-state index contributed by atoms with van der Waals surface area (Å²) in [6, 6.07) is 2.61. The van der Waals surface area contributed by atoms with Gasteiger partial charge in [0.1, 0.15) is 23.8 Å². The zero-order valence-electron chi connectivity index (χ0n) is 11.7. The molecule has 0 saturated carbocycles. The molecule has 0 saturated heterocycles. The third-order valence-electron chi connectivity index (χ3n) is 2.93. The van der Waals surface area contributed by atoms with Crippen LogP contribution in [0.15, 0.2) is 22.9 Å². The Kier molecular flexibility index (Phi) is 5.36. The topological polar surface area (TPSA) is 49.8 Å². The van der Waals surface area contributed by atoms with Gasteiger partial charge in [0.05, 0.1) is 10.7 Å². The van der Waals surface area contributed by atoms with Crippen molar-refractivity contribution in [1.82, 2.24) is 9.97 Å². The molecule has 1 heterocycles. The van der Waals surface area contributed by atoms with E-state index in [1.807, 2.05) is 7.05 Å². The molecule has 2 rings (SSSR count). The van der Waals surface area contributed by atoms with Crippen molar-refractivity contribution in [2.75, 3.05) is 17.7 Å². The summed E-state index contributed by atoms with van der Waals surface area (Å²) < 4.78 is 13.8. The Bertz CT molecular complexity index is 628. The predicted octanol–water partition coefficient (Wildman–Crippen LogP) is 4.77. The fourth-order valence-corrected chi connectivity index (χ4v) is 2.90. The Balaban J connectivity index is 2.44. The van der Waals surface area contributed by atoms with E-state index in [1.165, 1.54) is 18.5 Å². The van der Waals surface area contributed by atoms with Gasteiger partial charge in [0.15, 0.2) is 0 Å². The van der Waals surface area contributed by atoms with Crippen LogP contribution in [-0.4, -0.2) is 17.0 Å². The molecule has 21 heavy (non-hydrogen) atoms. The second-order valence-corrected chi connectivity index (χ2v) is 5.68. The maximum absolute atomic E-state index is 13.3. The molecule has 0 fully saturated rings. The van der Waals surface area contributed by atoms with E-state index < -0.39 is 5.82 Å². The van der Waals surface area contributed by atoms with E-state index in [0.29, 0.717) is 16.0 Å². The van der Waals surface area contributed by atoms with E-state index in [0.717, 1.165) is 24.2 Å². The van der Waals surface area contributed by atoms with Crippen molar-refractivity contribution in [2.24, 2.45) is 0 Å². The van der Waals surface area contributed by atoms with Crippen LogP contribution in [0.3, 0.4) is 0 Å². The Morgan fingerprint density at radius 2 is 2.00 bits per heavy atom. The van der Waals surface area contributed by atoms with Crippen molar-refractivity contribution < 1.29 is 4.39 Å². The first kappa shape index (κ1) is 16.0. The first-order valence-corrected chi connectivity index (χ1v) is 7.67. The van der Waals surface area contributed by atoms with Gasteiger partial charge in [-0.3, -0.25) is 0 Å². The number of aromatic nitrogens is 2. The van der Waals surface area contributed by atoms with E-state index in [-0.39, 0.29) is 5.02 Å². The fraction of sp³-hybridized carbons (Fsp3) is 0.286. The molecule has 112 valence electrons. The lowest BCUT2D eigenvalue weighted by Crippen LogP contribution is -2.06. The van der Waals surface area contributed by atoms with E-state index >= 15 is 0 Å². The van der Waals surface area contributed by atoms with Gasteiger partial charge in [0, 0.05) is 17.1 Å². The monoisotopic (exact) mass is 372 g/mol. The highest BCUT2D eigenvalue weighted by Crippen LogP contribution is 2.35. The van der Waals surface area contributed by atoms with Gasteiger partial charge in [-0.05, 0) is 34.5 Å². The minimum Gasteiger partial charge on any atom is -0.373 e. The lowest BCUT2D eigenvalue weighted by atomic mass is 10.1. The normalized spacial score (nSPS) is 10.5. The van der Waals surface area contributed by atoms with Crippen molar-refractivity contribution in [3.63, 3.8) is 0 Å². The number of nitrogens with zero attached hydrogens (tertiary/aromatic N) is 2. The van der Waals surface area contributed by atoms with Crippen molar-refractivity contribution in [3.05, 3.63) is 39.3 Å². The average Bonchev–Trinajstić information content (AvgIpc) is 2.44. The van der Waals surface area contributed by atoms with Gasteiger partial charge in [-0.1, -0.05) is 24.9 Å². The molecule has 0 atom stereocenters. The Morgan fingerprint density at radius 3 is 2.62 bits per heavy atom. The van der Waals surface area contributed by atoms with Gasteiger partial charge in [-0.15, -0.1) is 0 Å². The fourth-order valence-electron chi connectivity index (χ4n) is 2.00. The van der Waals surface area contributed by atoms with Crippen LogP contribution >= 0.6 is 27.5 Å². The van der Waals surface area contributed by atoms with Crippen LogP contribution in [0.5, 0.6) is 0 Å². The molecule has 0 bridgehead atoms. The number of hydrogen-bond donors (Lipinski definition) is 2.